The van der Waals surface area contributed by atoms with E-state index in [1.54, 1.807) is 0 Å². The molecule has 16 heavy (non-hydrogen) atoms. The quantitative estimate of drug-likeness (QED) is 0.742. The minimum absolute atomic E-state index is 0.241. The van der Waals surface area contributed by atoms with Gasteiger partial charge in [-0.1, -0.05) is 0 Å². The van der Waals surface area contributed by atoms with Crippen molar-refractivity contribution in [3.63, 3.8) is 0 Å². The van der Waals surface area contributed by atoms with Gasteiger partial charge in [0.1, 0.15) is 0 Å². The number of rotatable bonds is 3. The predicted octanol–water partition coefficient (Wildman–Crippen LogP) is 0.149. The third kappa shape index (κ3) is 2.38. The van der Waals surface area contributed by atoms with Gasteiger partial charge in [-0.05, 0) is 39.9 Å². The van der Waals surface area contributed by atoms with Crippen LogP contribution in [-0.2, 0) is 4.79 Å². The van der Waals surface area contributed by atoms with Gasteiger partial charge < -0.3 is 15.1 Å². The average Bonchev–Trinajstić information content (AvgIpc) is 2.90. The lowest BCUT2D eigenvalue weighted by Crippen LogP contribution is -2.45. The van der Waals surface area contributed by atoms with E-state index in [-0.39, 0.29) is 5.92 Å². The molecule has 2 heterocycles. The molecule has 0 aromatic rings. The Labute approximate surface area is 98.0 Å². The zero-order chi connectivity index (χ0) is 11.5. The first kappa shape index (κ1) is 11.9. The number of hydrogen-bond acceptors (Lipinski definition) is 3. The monoisotopic (exact) mass is 225 g/mol. The van der Waals surface area contributed by atoms with Gasteiger partial charge in [-0.25, -0.2) is 0 Å². The minimum atomic E-state index is 0.241. The fourth-order valence-electron chi connectivity index (χ4n) is 2.87. The number of likely N-dealkylation sites (tertiary alicyclic amines) is 1. The Morgan fingerprint density at radius 3 is 2.81 bits per heavy atom. The van der Waals surface area contributed by atoms with Gasteiger partial charge >= 0.3 is 0 Å². The number of nitrogens with one attached hydrogen (secondary N) is 1. The van der Waals surface area contributed by atoms with Crippen molar-refractivity contribution in [2.24, 2.45) is 5.92 Å². The Bertz CT molecular complexity index is 251. The SMILES string of the molecule is CCN(C(=O)C1CCN(C)C1)C1CCNC1. The highest BCUT2D eigenvalue weighted by atomic mass is 16.2. The standard InChI is InChI=1S/C12H23N3O/c1-3-15(11-4-6-13-8-11)12(16)10-5-7-14(2)9-10/h10-11,13H,3-9H2,1-2H3. The van der Waals surface area contributed by atoms with Gasteiger partial charge in [-0.3, -0.25) is 4.79 Å². The lowest BCUT2D eigenvalue weighted by atomic mass is 10.1. The first-order valence-corrected chi connectivity index (χ1v) is 6.42. The fraction of sp³-hybridized carbons (Fsp3) is 0.917. The summed E-state index contributed by atoms with van der Waals surface area (Å²) < 4.78 is 0. The molecule has 1 N–H and O–H groups in total. The van der Waals surface area contributed by atoms with Crippen LogP contribution < -0.4 is 5.32 Å². The van der Waals surface area contributed by atoms with Crippen LogP contribution in [-0.4, -0.2) is 61.5 Å². The lowest BCUT2D eigenvalue weighted by Gasteiger charge is -2.29. The molecular formula is C12H23N3O. The molecule has 2 saturated heterocycles. The van der Waals surface area contributed by atoms with E-state index in [0.717, 1.165) is 45.6 Å². The van der Waals surface area contributed by atoms with Crippen LogP contribution in [0, 0.1) is 5.92 Å². The molecule has 2 aliphatic heterocycles. The second-order valence-corrected chi connectivity index (χ2v) is 5.02. The van der Waals surface area contributed by atoms with Crippen molar-refractivity contribution >= 4 is 5.91 Å². The van der Waals surface area contributed by atoms with Crippen molar-refractivity contribution in [3.8, 4) is 0 Å². The summed E-state index contributed by atoms with van der Waals surface area (Å²) >= 11 is 0. The number of carbonyl (C=O) groups is 1. The Balaban J connectivity index is 1.95. The summed E-state index contributed by atoms with van der Waals surface area (Å²) in [7, 11) is 2.10. The van der Waals surface area contributed by atoms with Crippen LogP contribution in [0.15, 0.2) is 0 Å². The van der Waals surface area contributed by atoms with Crippen LogP contribution in [0.2, 0.25) is 0 Å². The Hall–Kier alpha value is -0.610. The number of likely N-dealkylation sites (N-methyl/N-ethyl adjacent to an activating group) is 1. The molecular weight excluding hydrogens is 202 g/mol. The highest BCUT2D eigenvalue weighted by Gasteiger charge is 2.33. The minimum Gasteiger partial charge on any atom is -0.338 e. The molecule has 4 nitrogen and oxygen atoms in total. The first-order chi connectivity index (χ1) is 7.72. The summed E-state index contributed by atoms with van der Waals surface area (Å²) in [4.78, 5) is 16.7. The smallest absolute Gasteiger partial charge is 0.227 e. The van der Waals surface area contributed by atoms with E-state index in [0.29, 0.717) is 11.9 Å². The molecule has 2 rings (SSSR count). The first-order valence-electron chi connectivity index (χ1n) is 6.42. The largest absolute Gasteiger partial charge is 0.338 e. The van der Waals surface area contributed by atoms with Crippen molar-refractivity contribution in [1.29, 1.82) is 0 Å². The lowest BCUT2D eigenvalue weighted by molar-refractivity contribution is -0.136. The van der Waals surface area contributed by atoms with Crippen LogP contribution in [0.4, 0.5) is 0 Å². The summed E-state index contributed by atoms with van der Waals surface area (Å²) in [5, 5.41) is 3.34. The summed E-state index contributed by atoms with van der Waals surface area (Å²) in [6.07, 6.45) is 2.15. The molecule has 0 bridgehead atoms. The molecule has 0 aliphatic carbocycles. The zero-order valence-electron chi connectivity index (χ0n) is 10.4. The third-order valence-electron chi connectivity index (χ3n) is 3.84. The summed E-state index contributed by atoms with van der Waals surface area (Å²) in [5.41, 5.74) is 0. The van der Waals surface area contributed by atoms with E-state index < -0.39 is 0 Å². The molecule has 4 heteroatoms. The number of carbonyl (C=O) groups excluding carboxylic acids is 1. The predicted molar refractivity (Wildman–Crippen MR) is 64.3 cm³/mol. The van der Waals surface area contributed by atoms with Crippen LogP contribution in [0.25, 0.3) is 0 Å². The molecule has 92 valence electrons. The summed E-state index contributed by atoms with van der Waals surface area (Å²) in [6.45, 7) is 6.98. The molecule has 1 amide bonds. The third-order valence-corrected chi connectivity index (χ3v) is 3.84. The van der Waals surface area contributed by atoms with Crippen molar-refractivity contribution in [2.45, 2.75) is 25.8 Å². The van der Waals surface area contributed by atoms with Gasteiger partial charge in [0.05, 0.1) is 5.92 Å². The molecule has 0 aromatic carbocycles. The molecule has 0 saturated carbocycles. The Morgan fingerprint density at radius 1 is 1.50 bits per heavy atom. The van der Waals surface area contributed by atoms with E-state index in [1.165, 1.54) is 0 Å². The maximum Gasteiger partial charge on any atom is 0.227 e. The van der Waals surface area contributed by atoms with Crippen LogP contribution in [0.1, 0.15) is 19.8 Å². The molecule has 2 fully saturated rings. The molecule has 0 radical (unpaired) electrons. The molecule has 0 aromatic heterocycles. The summed E-state index contributed by atoms with van der Waals surface area (Å²) in [6, 6.07) is 0.434. The van der Waals surface area contributed by atoms with Gasteiger partial charge in [0, 0.05) is 25.7 Å². The fourth-order valence-corrected chi connectivity index (χ4v) is 2.87. The second kappa shape index (κ2) is 5.15. The zero-order valence-corrected chi connectivity index (χ0v) is 10.4. The van der Waals surface area contributed by atoms with Gasteiger partial charge in [0.25, 0.3) is 0 Å². The topological polar surface area (TPSA) is 35.6 Å². The van der Waals surface area contributed by atoms with Gasteiger partial charge in [0.2, 0.25) is 5.91 Å². The number of hydrogen-bond donors (Lipinski definition) is 1. The average molecular weight is 225 g/mol. The highest BCUT2D eigenvalue weighted by molar-refractivity contribution is 5.79. The molecule has 2 aliphatic rings. The van der Waals surface area contributed by atoms with Gasteiger partial charge in [0.15, 0.2) is 0 Å². The molecule has 2 atom stereocenters. The number of nitrogens with zero attached hydrogens (tertiary/aromatic N) is 2. The van der Waals surface area contributed by atoms with Gasteiger partial charge in [-0.2, -0.15) is 0 Å². The summed E-state index contributed by atoms with van der Waals surface area (Å²) in [5.74, 6) is 0.617. The highest BCUT2D eigenvalue weighted by Crippen LogP contribution is 2.20. The van der Waals surface area contributed by atoms with E-state index >= 15 is 0 Å². The number of amides is 1. The van der Waals surface area contributed by atoms with Crippen molar-refractivity contribution in [2.75, 3.05) is 39.8 Å². The molecule has 0 spiro atoms. The van der Waals surface area contributed by atoms with Crippen LogP contribution in [0.3, 0.4) is 0 Å². The van der Waals surface area contributed by atoms with E-state index in [4.69, 9.17) is 0 Å². The van der Waals surface area contributed by atoms with E-state index in [1.807, 2.05) is 0 Å². The maximum atomic E-state index is 12.4. The maximum absolute atomic E-state index is 12.4. The van der Waals surface area contributed by atoms with Crippen LogP contribution in [0.5, 0.6) is 0 Å². The van der Waals surface area contributed by atoms with Gasteiger partial charge in [-0.15, -0.1) is 0 Å². The van der Waals surface area contributed by atoms with E-state index in [2.05, 4.69) is 29.1 Å². The second-order valence-electron chi connectivity index (χ2n) is 5.02. The van der Waals surface area contributed by atoms with Crippen molar-refractivity contribution in [1.82, 2.24) is 15.1 Å². The van der Waals surface area contributed by atoms with Crippen molar-refractivity contribution < 1.29 is 4.79 Å². The van der Waals surface area contributed by atoms with Crippen molar-refractivity contribution in [3.05, 3.63) is 0 Å². The van der Waals surface area contributed by atoms with E-state index in [9.17, 15) is 4.79 Å². The Morgan fingerprint density at radius 2 is 2.31 bits per heavy atom. The van der Waals surface area contributed by atoms with Crippen LogP contribution >= 0.6 is 0 Å². The molecule has 2 unspecified atom stereocenters. The normalized spacial score (nSPS) is 30.9. The Kier molecular flexibility index (Phi) is 3.82.